The summed E-state index contributed by atoms with van der Waals surface area (Å²) in [5, 5.41) is 21.0. The minimum Gasteiger partial charge on any atom is -0.326 e. The number of thiophene rings is 1. The van der Waals surface area contributed by atoms with Crippen LogP contribution in [0, 0.1) is 16.0 Å². The molecule has 0 radical (unpaired) electrons. The van der Waals surface area contributed by atoms with Gasteiger partial charge in [-0.2, -0.15) is 5.10 Å². The molecule has 168 valence electrons. The smallest absolute Gasteiger partial charge is 0.269 e. The number of non-ortho nitro benzene ring substituents is 1. The van der Waals surface area contributed by atoms with Crippen LogP contribution in [0.5, 0.6) is 0 Å². The number of nitrogens with zero attached hydrogens (tertiary/aromatic N) is 4. The number of anilines is 1. The fourth-order valence-corrected chi connectivity index (χ4v) is 6.92. The van der Waals surface area contributed by atoms with Crippen LogP contribution in [0.2, 0.25) is 0 Å². The summed E-state index contributed by atoms with van der Waals surface area (Å²) < 4.78 is 0. The molecular weight excluding hydrogens is 432 g/mol. The van der Waals surface area contributed by atoms with Crippen LogP contribution in [0.4, 0.5) is 11.4 Å². The van der Waals surface area contributed by atoms with Crippen LogP contribution in [0.15, 0.2) is 71.1 Å². The molecule has 3 heterocycles. The second-order valence-electron chi connectivity index (χ2n) is 9.10. The number of amidine groups is 1. The molecule has 1 fully saturated rings. The van der Waals surface area contributed by atoms with E-state index in [1.54, 1.807) is 12.1 Å². The first-order chi connectivity index (χ1) is 16.2. The van der Waals surface area contributed by atoms with Gasteiger partial charge in [-0.3, -0.25) is 10.1 Å². The van der Waals surface area contributed by atoms with E-state index in [9.17, 15) is 10.1 Å². The maximum atomic E-state index is 11.3. The molecule has 2 aromatic carbocycles. The molecule has 3 aliphatic rings. The van der Waals surface area contributed by atoms with Crippen LogP contribution in [0.1, 0.15) is 48.1 Å². The first-order valence-corrected chi connectivity index (χ1v) is 12.6. The number of hydrogen-bond acceptors (Lipinski definition) is 6. The third-order valence-corrected chi connectivity index (χ3v) is 8.38. The molecule has 0 N–H and O–H groups in total. The zero-order chi connectivity index (χ0) is 22.4. The highest BCUT2D eigenvalue weighted by Crippen LogP contribution is 2.54. The Kier molecular flexibility index (Phi) is 4.94. The summed E-state index contributed by atoms with van der Waals surface area (Å²) >= 11 is 1.84. The average Bonchev–Trinajstić information content (AvgIpc) is 3.48. The molecule has 7 heteroatoms. The Morgan fingerprint density at radius 3 is 2.48 bits per heavy atom. The summed E-state index contributed by atoms with van der Waals surface area (Å²) in [4.78, 5) is 14.9. The van der Waals surface area contributed by atoms with Crippen molar-refractivity contribution in [3.8, 4) is 0 Å². The number of rotatable bonds is 4. The van der Waals surface area contributed by atoms with Gasteiger partial charge in [0.2, 0.25) is 0 Å². The Hall–Kier alpha value is -3.19. The van der Waals surface area contributed by atoms with Gasteiger partial charge in [-0.15, -0.1) is 11.3 Å². The molecule has 33 heavy (non-hydrogen) atoms. The lowest BCUT2D eigenvalue weighted by molar-refractivity contribution is -0.384. The topological polar surface area (TPSA) is 62.0 Å². The van der Waals surface area contributed by atoms with Gasteiger partial charge in [-0.1, -0.05) is 49.6 Å². The molecule has 1 aliphatic carbocycles. The first kappa shape index (κ1) is 20.4. The molecule has 1 unspecified atom stereocenters. The quantitative estimate of drug-likeness (QED) is 0.349. The van der Waals surface area contributed by atoms with E-state index in [1.165, 1.54) is 29.7 Å². The maximum Gasteiger partial charge on any atom is 0.269 e. The predicted molar refractivity (Wildman–Crippen MR) is 132 cm³/mol. The molecule has 1 saturated carbocycles. The second kappa shape index (κ2) is 7.99. The van der Waals surface area contributed by atoms with Gasteiger partial charge in [0, 0.05) is 40.6 Å². The van der Waals surface area contributed by atoms with E-state index in [-0.39, 0.29) is 10.6 Å². The summed E-state index contributed by atoms with van der Waals surface area (Å²) in [5.74, 6) is 1.43. The van der Waals surface area contributed by atoms with Gasteiger partial charge in [0.15, 0.2) is 11.5 Å². The van der Waals surface area contributed by atoms with Crippen molar-refractivity contribution >= 4 is 28.5 Å². The Balaban J connectivity index is 1.58. The van der Waals surface area contributed by atoms with Crippen LogP contribution in [-0.4, -0.2) is 22.2 Å². The molecule has 0 amide bonds. The van der Waals surface area contributed by atoms with E-state index in [4.69, 9.17) is 5.10 Å². The van der Waals surface area contributed by atoms with E-state index < -0.39 is 5.66 Å². The summed E-state index contributed by atoms with van der Waals surface area (Å²) in [6.45, 7) is 0.918. The average molecular weight is 459 g/mol. The third kappa shape index (κ3) is 3.09. The first-order valence-electron chi connectivity index (χ1n) is 11.7. The van der Waals surface area contributed by atoms with Gasteiger partial charge in [-0.25, -0.2) is 5.01 Å². The van der Waals surface area contributed by atoms with Crippen molar-refractivity contribution in [1.29, 1.82) is 0 Å². The minimum absolute atomic E-state index is 0.105. The van der Waals surface area contributed by atoms with Crippen molar-refractivity contribution in [2.75, 3.05) is 11.6 Å². The van der Waals surface area contributed by atoms with Crippen LogP contribution in [0.3, 0.4) is 0 Å². The van der Waals surface area contributed by atoms with E-state index in [0.29, 0.717) is 5.92 Å². The van der Waals surface area contributed by atoms with Gasteiger partial charge in [0.1, 0.15) is 0 Å². The van der Waals surface area contributed by atoms with Gasteiger partial charge in [0.25, 0.3) is 5.69 Å². The monoisotopic (exact) mass is 458 g/mol. The van der Waals surface area contributed by atoms with Crippen LogP contribution in [0.25, 0.3) is 0 Å². The van der Waals surface area contributed by atoms with E-state index in [0.717, 1.165) is 42.9 Å². The summed E-state index contributed by atoms with van der Waals surface area (Å²) in [7, 11) is 0. The van der Waals surface area contributed by atoms with Gasteiger partial charge in [-0.05, 0) is 42.8 Å². The SMILES string of the molecule is O=[N+]([O-])c1ccc(N2N=C(c3ccccc3)N3CCc4sccc4C32C2CCCCC2)cc1. The largest absolute Gasteiger partial charge is 0.326 e. The van der Waals surface area contributed by atoms with Crippen molar-refractivity contribution in [1.82, 2.24) is 4.90 Å². The highest BCUT2D eigenvalue weighted by molar-refractivity contribution is 7.10. The van der Waals surface area contributed by atoms with Gasteiger partial charge in [0.05, 0.1) is 10.6 Å². The summed E-state index contributed by atoms with van der Waals surface area (Å²) in [5.41, 5.74) is 3.09. The molecule has 0 bridgehead atoms. The number of benzene rings is 2. The van der Waals surface area contributed by atoms with Crippen molar-refractivity contribution in [2.24, 2.45) is 11.0 Å². The lowest BCUT2D eigenvalue weighted by Crippen LogP contribution is -2.60. The molecule has 1 aromatic heterocycles. The predicted octanol–water partition coefficient (Wildman–Crippen LogP) is 6.13. The fraction of sp³-hybridized carbons (Fsp3) is 0.346. The molecule has 6 rings (SSSR count). The van der Waals surface area contributed by atoms with Crippen molar-refractivity contribution in [3.63, 3.8) is 0 Å². The standard InChI is InChI=1S/C26H26N4O2S/c31-30(32)22-13-11-21(12-14-22)29-26(20-9-5-2-6-10-20)23-16-18-33-24(23)15-17-28(26)25(27-29)19-7-3-1-4-8-19/h1,3-4,7-8,11-14,16,18,20H,2,5-6,9-10,15,17H2. The van der Waals surface area contributed by atoms with E-state index >= 15 is 0 Å². The summed E-state index contributed by atoms with van der Waals surface area (Å²) in [6.07, 6.45) is 7.08. The van der Waals surface area contributed by atoms with Crippen molar-refractivity contribution in [3.05, 3.63) is 92.2 Å². The zero-order valence-corrected chi connectivity index (χ0v) is 19.2. The molecule has 3 aromatic rings. The van der Waals surface area contributed by atoms with Gasteiger partial charge < -0.3 is 4.90 Å². The van der Waals surface area contributed by atoms with E-state index in [1.807, 2.05) is 29.5 Å². The number of fused-ring (bicyclic) bond motifs is 3. The lowest BCUT2D eigenvalue weighted by atomic mass is 9.73. The van der Waals surface area contributed by atoms with Crippen LogP contribution < -0.4 is 5.01 Å². The fourth-order valence-electron chi connectivity index (χ4n) is 6.00. The molecule has 1 atom stereocenters. The maximum absolute atomic E-state index is 11.3. The highest BCUT2D eigenvalue weighted by Gasteiger charge is 2.58. The van der Waals surface area contributed by atoms with Gasteiger partial charge >= 0.3 is 0 Å². The molecule has 6 nitrogen and oxygen atoms in total. The minimum atomic E-state index is -0.394. The molecule has 0 saturated heterocycles. The van der Waals surface area contributed by atoms with Crippen LogP contribution >= 0.6 is 11.3 Å². The lowest BCUT2D eigenvalue weighted by Gasteiger charge is -2.53. The Morgan fingerprint density at radius 1 is 1.00 bits per heavy atom. The Labute approximate surface area is 197 Å². The molecule has 2 aliphatic heterocycles. The zero-order valence-electron chi connectivity index (χ0n) is 18.4. The number of hydrogen-bond donors (Lipinski definition) is 0. The molecular formula is C26H26N4O2S. The Bertz CT molecular complexity index is 1200. The molecule has 0 spiro atoms. The van der Waals surface area contributed by atoms with Crippen LogP contribution in [-0.2, 0) is 12.1 Å². The number of nitro benzene ring substituents is 1. The summed E-state index contributed by atoms with van der Waals surface area (Å²) in [6, 6.07) is 19.6. The van der Waals surface area contributed by atoms with E-state index in [2.05, 4.69) is 45.6 Å². The van der Waals surface area contributed by atoms with Crippen molar-refractivity contribution in [2.45, 2.75) is 44.2 Å². The second-order valence-corrected chi connectivity index (χ2v) is 10.1. The number of nitro groups is 1. The number of hydrazone groups is 1. The Morgan fingerprint density at radius 2 is 1.76 bits per heavy atom. The van der Waals surface area contributed by atoms with Crippen molar-refractivity contribution < 1.29 is 4.92 Å². The normalized spacial score (nSPS) is 22.6. The highest BCUT2D eigenvalue weighted by atomic mass is 32.1. The third-order valence-electron chi connectivity index (χ3n) is 7.40.